The predicted molar refractivity (Wildman–Crippen MR) is 99.6 cm³/mol. The van der Waals surface area contributed by atoms with E-state index in [0.717, 1.165) is 5.56 Å². The number of thiophene rings is 1. The van der Waals surface area contributed by atoms with Crippen LogP contribution in [0.3, 0.4) is 0 Å². The summed E-state index contributed by atoms with van der Waals surface area (Å²) in [4.78, 5) is 27.2. The summed E-state index contributed by atoms with van der Waals surface area (Å²) in [5.74, 6) is -1.03. The molecule has 140 valence electrons. The summed E-state index contributed by atoms with van der Waals surface area (Å²) in [6.07, 6.45) is 0.373. The Morgan fingerprint density at radius 3 is 2.41 bits per heavy atom. The first-order valence-corrected chi connectivity index (χ1v) is 10.5. The van der Waals surface area contributed by atoms with Gasteiger partial charge in [-0.3, -0.25) is 9.59 Å². The van der Waals surface area contributed by atoms with Crippen molar-refractivity contribution in [1.82, 2.24) is 9.62 Å². The average Bonchev–Trinajstić information content (AvgIpc) is 3.05. The van der Waals surface area contributed by atoms with Crippen LogP contribution < -0.4 is 4.72 Å². The second-order valence-corrected chi connectivity index (χ2v) is 9.08. The Morgan fingerprint density at radius 1 is 1.26 bits per heavy atom. The van der Waals surface area contributed by atoms with E-state index < -0.39 is 21.5 Å². The van der Waals surface area contributed by atoms with Crippen LogP contribution >= 0.6 is 11.3 Å². The monoisotopic (exact) mass is 403 g/mol. The van der Waals surface area contributed by atoms with Gasteiger partial charge in [-0.15, -0.1) is 11.3 Å². The molecule has 3 rings (SSSR count). The molecule has 1 saturated heterocycles. The Bertz CT molecular complexity index is 1050. The van der Waals surface area contributed by atoms with Crippen molar-refractivity contribution in [3.05, 3.63) is 51.7 Å². The van der Waals surface area contributed by atoms with Crippen molar-refractivity contribution in [1.29, 1.82) is 5.26 Å². The summed E-state index contributed by atoms with van der Waals surface area (Å²) in [7, 11) is -4.10. The molecule has 0 spiro atoms. The number of rotatable bonds is 4. The fraction of sp³-hybridized carbons (Fsp3) is 0.278. The van der Waals surface area contributed by atoms with Gasteiger partial charge in [0, 0.05) is 6.54 Å². The minimum absolute atomic E-state index is 0.121. The number of nitriles is 1. The van der Waals surface area contributed by atoms with Gasteiger partial charge < -0.3 is 4.90 Å². The smallest absolute Gasteiger partial charge is 0.265 e. The highest BCUT2D eigenvalue weighted by molar-refractivity contribution is 7.90. The van der Waals surface area contributed by atoms with E-state index in [0.29, 0.717) is 23.4 Å². The number of nitrogens with one attached hydrogen (secondary N) is 1. The zero-order valence-corrected chi connectivity index (χ0v) is 16.4. The van der Waals surface area contributed by atoms with Gasteiger partial charge in [-0.25, -0.2) is 13.1 Å². The van der Waals surface area contributed by atoms with Crippen LogP contribution in [-0.2, 0) is 14.8 Å². The molecule has 2 aromatic rings. The van der Waals surface area contributed by atoms with E-state index in [-0.39, 0.29) is 10.8 Å². The molecule has 27 heavy (non-hydrogen) atoms. The summed E-state index contributed by atoms with van der Waals surface area (Å²) in [6.45, 7) is 3.76. The Labute approximate surface area is 161 Å². The molecule has 1 aliphatic rings. The lowest BCUT2D eigenvalue weighted by molar-refractivity contribution is -0.135. The number of aryl methyl sites for hydroxylation is 1. The van der Waals surface area contributed by atoms with Crippen molar-refractivity contribution < 1.29 is 18.0 Å². The third-order valence-electron chi connectivity index (χ3n) is 4.73. The van der Waals surface area contributed by atoms with Crippen molar-refractivity contribution in [3.63, 3.8) is 0 Å². The second-order valence-electron chi connectivity index (χ2n) is 6.48. The van der Waals surface area contributed by atoms with Gasteiger partial charge in [0.2, 0.25) is 0 Å². The molecule has 0 saturated carbocycles. The normalized spacial score (nSPS) is 19.1. The molecule has 0 bridgehead atoms. The van der Waals surface area contributed by atoms with Crippen LogP contribution in [0, 0.1) is 18.3 Å². The molecular formula is C18H17N3O4S2. The minimum Gasteiger partial charge on any atom is -0.323 e. The number of amides is 2. The van der Waals surface area contributed by atoms with E-state index in [1.807, 2.05) is 19.1 Å². The van der Waals surface area contributed by atoms with Crippen LogP contribution in [0.4, 0.5) is 0 Å². The van der Waals surface area contributed by atoms with E-state index in [1.165, 1.54) is 40.5 Å². The molecule has 1 aromatic carbocycles. The molecule has 7 nitrogen and oxygen atoms in total. The Hall–Kier alpha value is -2.70. The molecule has 9 heteroatoms. The summed E-state index contributed by atoms with van der Waals surface area (Å²) >= 11 is 1.29. The van der Waals surface area contributed by atoms with Crippen LogP contribution in [0.1, 0.15) is 34.1 Å². The largest absolute Gasteiger partial charge is 0.323 e. The van der Waals surface area contributed by atoms with Gasteiger partial charge in [-0.1, -0.05) is 0 Å². The fourth-order valence-corrected chi connectivity index (χ4v) is 4.78. The second kappa shape index (κ2) is 6.79. The highest BCUT2D eigenvalue weighted by atomic mass is 32.2. The highest BCUT2D eigenvalue weighted by Crippen LogP contribution is 2.34. The standard InChI is InChI=1S/C18H17N3O4S2/c1-12-7-10-26-15(12)16(22)21-9-8-18(21,2)17(23)20-27(24,25)14-5-3-13(11-19)4-6-14/h3-7,10H,8-9H2,1-2H3,(H,20,23). The molecule has 0 radical (unpaired) electrons. The highest BCUT2D eigenvalue weighted by Gasteiger charge is 2.51. The molecule has 1 aromatic heterocycles. The van der Waals surface area contributed by atoms with Gasteiger partial charge in [0.25, 0.3) is 21.8 Å². The van der Waals surface area contributed by atoms with Crippen molar-refractivity contribution in [3.8, 4) is 6.07 Å². The lowest BCUT2D eigenvalue weighted by Gasteiger charge is -2.48. The van der Waals surface area contributed by atoms with Gasteiger partial charge >= 0.3 is 0 Å². The molecule has 2 amide bonds. The maximum atomic E-state index is 12.7. The van der Waals surface area contributed by atoms with Gasteiger partial charge in [0.15, 0.2) is 0 Å². The summed E-state index contributed by atoms with van der Waals surface area (Å²) < 4.78 is 27.0. The predicted octanol–water partition coefficient (Wildman–Crippen LogP) is 2.04. The van der Waals surface area contributed by atoms with E-state index in [1.54, 1.807) is 12.3 Å². The van der Waals surface area contributed by atoms with Crippen molar-refractivity contribution in [2.45, 2.75) is 30.7 Å². The van der Waals surface area contributed by atoms with Crippen molar-refractivity contribution in [2.75, 3.05) is 6.54 Å². The quantitative estimate of drug-likeness (QED) is 0.841. The first-order valence-electron chi connectivity index (χ1n) is 8.12. The Kier molecular flexibility index (Phi) is 4.80. The van der Waals surface area contributed by atoms with E-state index in [2.05, 4.69) is 4.72 Å². The number of hydrogen-bond acceptors (Lipinski definition) is 6. The third kappa shape index (κ3) is 3.34. The van der Waals surface area contributed by atoms with Gasteiger partial charge in [0.1, 0.15) is 5.54 Å². The number of sulfonamides is 1. The molecule has 1 fully saturated rings. The zero-order chi connectivity index (χ0) is 19.8. The van der Waals surface area contributed by atoms with Gasteiger partial charge in [0.05, 0.1) is 21.4 Å². The average molecular weight is 403 g/mol. The van der Waals surface area contributed by atoms with Crippen molar-refractivity contribution in [2.24, 2.45) is 0 Å². The molecule has 0 aliphatic carbocycles. The SMILES string of the molecule is Cc1ccsc1C(=O)N1CCC1(C)C(=O)NS(=O)(=O)c1ccc(C#N)cc1. The fourth-order valence-electron chi connectivity index (χ4n) is 2.83. The van der Waals surface area contributed by atoms with Gasteiger partial charge in [-0.2, -0.15) is 5.26 Å². The van der Waals surface area contributed by atoms with Crippen LogP contribution in [0.2, 0.25) is 0 Å². The lowest BCUT2D eigenvalue weighted by atomic mass is 9.85. The van der Waals surface area contributed by atoms with Crippen LogP contribution in [0.15, 0.2) is 40.6 Å². The molecule has 2 heterocycles. The Balaban J connectivity index is 1.79. The van der Waals surface area contributed by atoms with E-state index in [4.69, 9.17) is 5.26 Å². The first kappa shape index (κ1) is 19.1. The number of carbonyl (C=O) groups excluding carboxylic acids is 2. The molecule has 1 aliphatic heterocycles. The number of carbonyl (C=O) groups is 2. The van der Waals surface area contributed by atoms with Crippen molar-refractivity contribution >= 4 is 33.2 Å². The Morgan fingerprint density at radius 2 is 1.93 bits per heavy atom. The molecule has 1 atom stereocenters. The molecular weight excluding hydrogens is 386 g/mol. The summed E-state index contributed by atoms with van der Waals surface area (Å²) in [5, 5.41) is 10.6. The van der Waals surface area contributed by atoms with Gasteiger partial charge in [-0.05, 0) is 61.5 Å². The maximum Gasteiger partial charge on any atom is 0.265 e. The number of hydrogen-bond donors (Lipinski definition) is 1. The first-order chi connectivity index (χ1) is 12.7. The minimum atomic E-state index is -4.10. The van der Waals surface area contributed by atoms with Crippen LogP contribution in [0.25, 0.3) is 0 Å². The van der Waals surface area contributed by atoms with E-state index >= 15 is 0 Å². The van der Waals surface area contributed by atoms with E-state index in [9.17, 15) is 18.0 Å². The number of likely N-dealkylation sites (tertiary alicyclic amines) is 1. The molecule has 1 unspecified atom stereocenters. The molecule has 1 N–H and O–H groups in total. The summed E-state index contributed by atoms with van der Waals surface area (Å²) in [6, 6.07) is 8.96. The third-order valence-corrected chi connectivity index (χ3v) is 7.08. The maximum absolute atomic E-state index is 12.7. The number of benzene rings is 1. The summed E-state index contributed by atoms with van der Waals surface area (Å²) in [5.41, 5.74) is -0.0909. The topological polar surface area (TPSA) is 107 Å². The zero-order valence-electron chi connectivity index (χ0n) is 14.7. The lowest BCUT2D eigenvalue weighted by Crippen LogP contribution is -2.67. The van der Waals surface area contributed by atoms with Crippen LogP contribution in [0.5, 0.6) is 0 Å². The number of nitrogens with zero attached hydrogens (tertiary/aromatic N) is 2. The van der Waals surface area contributed by atoms with Crippen LogP contribution in [-0.4, -0.2) is 37.2 Å².